The van der Waals surface area contributed by atoms with Crippen molar-refractivity contribution in [3.63, 3.8) is 0 Å². The maximum Gasteiger partial charge on any atom is 0.342 e. The van der Waals surface area contributed by atoms with Crippen LogP contribution in [0.3, 0.4) is 0 Å². The Balaban J connectivity index is 1.87. The number of carbonyl (C=O) groups is 1. The van der Waals surface area contributed by atoms with Crippen molar-refractivity contribution in [1.82, 2.24) is 0 Å². The number of fused-ring (bicyclic) bond motifs is 1. The third kappa shape index (κ3) is 2.79. The standard InChI is InChI=1S/C20H14BrO2P/c21-14-11-12-17-18(13-14)20(23-19(17)22)24(15-7-3-1-4-8-15)16-9-5-2-6-10-16/h1-13,20H/p+1. The molecule has 1 heterocycles. The van der Waals surface area contributed by atoms with Crippen LogP contribution in [0.1, 0.15) is 21.8 Å². The molecule has 1 aliphatic heterocycles. The van der Waals surface area contributed by atoms with E-state index in [0.29, 0.717) is 5.56 Å². The molecule has 4 heteroatoms. The third-order valence-electron chi connectivity index (χ3n) is 4.17. The van der Waals surface area contributed by atoms with Crippen LogP contribution < -0.4 is 10.6 Å². The first kappa shape index (κ1) is 15.6. The average molecular weight is 398 g/mol. The van der Waals surface area contributed by atoms with Crippen molar-refractivity contribution in [3.8, 4) is 0 Å². The van der Waals surface area contributed by atoms with Gasteiger partial charge in [-0.3, -0.25) is 0 Å². The van der Waals surface area contributed by atoms with Gasteiger partial charge in [0.2, 0.25) is 5.85 Å². The molecule has 2 nitrogen and oxygen atoms in total. The van der Waals surface area contributed by atoms with Gasteiger partial charge in [0.15, 0.2) is 0 Å². The molecule has 0 saturated heterocycles. The zero-order valence-electron chi connectivity index (χ0n) is 12.8. The summed E-state index contributed by atoms with van der Waals surface area (Å²) in [6.45, 7) is 0. The highest BCUT2D eigenvalue weighted by atomic mass is 79.9. The van der Waals surface area contributed by atoms with Crippen molar-refractivity contribution in [2.75, 3.05) is 0 Å². The molecule has 0 amide bonds. The van der Waals surface area contributed by atoms with Crippen molar-refractivity contribution in [3.05, 3.63) is 94.5 Å². The van der Waals surface area contributed by atoms with E-state index < -0.39 is 7.92 Å². The maximum absolute atomic E-state index is 12.3. The van der Waals surface area contributed by atoms with E-state index in [0.717, 1.165) is 10.0 Å². The fourth-order valence-electron chi connectivity index (χ4n) is 3.09. The van der Waals surface area contributed by atoms with Crippen LogP contribution in [-0.2, 0) is 4.74 Å². The number of rotatable bonds is 3. The first-order valence-electron chi connectivity index (χ1n) is 7.72. The minimum atomic E-state index is -1.30. The average Bonchev–Trinajstić information content (AvgIpc) is 2.93. The van der Waals surface area contributed by atoms with Gasteiger partial charge in [0.25, 0.3) is 0 Å². The van der Waals surface area contributed by atoms with Crippen LogP contribution in [0.25, 0.3) is 0 Å². The summed E-state index contributed by atoms with van der Waals surface area (Å²) in [5, 5.41) is 2.47. The molecule has 3 aromatic carbocycles. The second-order valence-corrected chi connectivity index (χ2v) is 9.08. The molecule has 0 N–H and O–H groups in total. The van der Waals surface area contributed by atoms with E-state index in [-0.39, 0.29) is 11.8 Å². The maximum atomic E-state index is 12.3. The zero-order valence-corrected chi connectivity index (χ0v) is 15.4. The number of hydrogen-bond donors (Lipinski definition) is 0. The molecule has 0 spiro atoms. The van der Waals surface area contributed by atoms with Crippen LogP contribution in [0.2, 0.25) is 0 Å². The summed E-state index contributed by atoms with van der Waals surface area (Å²) in [5.41, 5.74) is 1.66. The van der Waals surface area contributed by atoms with Gasteiger partial charge in [0, 0.05) is 10.0 Å². The molecule has 1 aliphatic rings. The molecule has 118 valence electrons. The predicted octanol–water partition coefficient (Wildman–Crippen LogP) is 4.48. The zero-order chi connectivity index (χ0) is 16.5. The van der Waals surface area contributed by atoms with Crippen molar-refractivity contribution >= 4 is 40.4 Å². The van der Waals surface area contributed by atoms with Crippen molar-refractivity contribution in [1.29, 1.82) is 0 Å². The van der Waals surface area contributed by atoms with Gasteiger partial charge in [-0.1, -0.05) is 52.3 Å². The van der Waals surface area contributed by atoms with Crippen LogP contribution in [-0.4, -0.2) is 5.97 Å². The van der Waals surface area contributed by atoms with Gasteiger partial charge in [0.1, 0.15) is 18.5 Å². The largest absolute Gasteiger partial charge is 0.419 e. The van der Waals surface area contributed by atoms with Crippen molar-refractivity contribution in [2.24, 2.45) is 0 Å². The molecule has 0 radical (unpaired) electrons. The predicted molar refractivity (Wildman–Crippen MR) is 103 cm³/mol. The van der Waals surface area contributed by atoms with Crippen LogP contribution in [0.5, 0.6) is 0 Å². The van der Waals surface area contributed by atoms with E-state index in [9.17, 15) is 4.79 Å². The van der Waals surface area contributed by atoms with Crippen LogP contribution >= 0.6 is 23.9 Å². The van der Waals surface area contributed by atoms with Gasteiger partial charge >= 0.3 is 5.97 Å². The Morgan fingerprint density at radius 3 is 2.00 bits per heavy atom. The summed E-state index contributed by atoms with van der Waals surface area (Å²) >= 11 is 3.52. The Morgan fingerprint density at radius 2 is 1.42 bits per heavy atom. The molecule has 0 bridgehead atoms. The fraction of sp³-hybridized carbons (Fsp3) is 0.0500. The Labute approximate surface area is 150 Å². The summed E-state index contributed by atoms with van der Waals surface area (Å²) < 4.78 is 6.81. The Kier molecular flexibility index (Phi) is 4.22. The normalized spacial score (nSPS) is 16.1. The first-order chi connectivity index (χ1) is 11.7. The Morgan fingerprint density at radius 1 is 0.833 bits per heavy atom. The minimum Gasteiger partial charge on any atom is -0.419 e. The quantitative estimate of drug-likeness (QED) is 0.480. The number of cyclic esters (lactones) is 1. The molecule has 3 aromatic rings. The van der Waals surface area contributed by atoms with Crippen molar-refractivity contribution in [2.45, 2.75) is 5.85 Å². The van der Waals surface area contributed by atoms with Gasteiger partial charge in [-0.25, -0.2) is 4.79 Å². The van der Waals surface area contributed by atoms with Crippen LogP contribution in [0, 0.1) is 0 Å². The molecule has 0 fully saturated rings. The molecule has 0 saturated carbocycles. The highest BCUT2D eigenvalue weighted by Gasteiger charge is 2.44. The van der Waals surface area contributed by atoms with Crippen LogP contribution in [0.15, 0.2) is 83.3 Å². The lowest BCUT2D eigenvalue weighted by atomic mass is 10.1. The topological polar surface area (TPSA) is 26.3 Å². The van der Waals surface area contributed by atoms with Crippen LogP contribution in [0.4, 0.5) is 0 Å². The molecule has 0 aliphatic carbocycles. The highest BCUT2D eigenvalue weighted by molar-refractivity contribution is 9.10. The highest BCUT2D eigenvalue weighted by Crippen LogP contribution is 2.54. The molecule has 1 atom stereocenters. The summed E-state index contributed by atoms with van der Waals surface area (Å²) in [4.78, 5) is 12.3. The van der Waals surface area contributed by atoms with E-state index in [4.69, 9.17) is 4.74 Å². The Hall–Kier alpha value is -1.96. The number of carbonyl (C=O) groups excluding carboxylic acids is 1. The monoisotopic (exact) mass is 397 g/mol. The number of benzene rings is 3. The smallest absolute Gasteiger partial charge is 0.342 e. The van der Waals surface area contributed by atoms with Crippen molar-refractivity contribution < 1.29 is 9.53 Å². The lowest BCUT2D eigenvalue weighted by Gasteiger charge is -2.17. The van der Waals surface area contributed by atoms with Gasteiger partial charge in [-0.05, 0) is 42.5 Å². The fourth-order valence-corrected chi connectivity index (χ4v) is 6.29. The summed E-state index contributed by atoms with van der Waals surface area (Å²) in [5.74, 6) is -0.448. The molecular weight excluding hydrogens is 383 g/mol. The molecule has 4 rings (SSSR count). The summed E-state index contributed by atoms with van der Waals surface area (Å²) in [6, 6.07) is 26.5. The third-order valence-corrected chi connectivity index (χ3v) is 7.53. The lowest BCUT2D eigenvalue weighted by Crippen LogP contribution is -2.17. The summed E-state index contributed by atoms with van der Waals surface area (Å²) in [7, 11) is -1.30. The van der Waals surface area contributed by atoms with E-state index in [1.165, 1.54) is 10.6 Å². The molecular formula is C20H15BrO2P+. The van der Waals surface area contributed by atoms with Gasteiger partial charge in [-0.2, -0.15) is 0 Å². The SMILES string of the molecule is O=C1OC([PH+](c2ccccc2)c2ccccc2)c2cc(Br)ccc21. The first-order valence-corrected chi connectivity index (χ1v) is 10.1. The minimum absolute atomic E-state index is 0.222. The number of halogens is 1. The lowest BCUT2D eigenvalue weighted by molar-refractivity contribution is 0.0517. The molecule has 24 heavy (non-hydrogen) atoms. The van der Waals surface area contributed by atoms with E-state index in [1.807, 2.05) is 54.6 Å². The van der Waals surface area contributed by atoms with Gasteiger partial charge in [0.05, 0.1) is 5.56 Å². The number of hydrogen-bond acceptors (Lipinski definition) is 2. The number of esters is 1. The van der Waals surface area contributed by atoms with E-state index in [2.05, 4.69) is 40.2 Å². The molecule has 1 unspecified atom stereocenters. The second kappa shape index (κ2) is 6.51. The molecule has 0 aromatic heterocycles. The van der Waals surface area contributed by atoms with Gasteiger partial charge in [-0.15, -0.1) is 0 Å². The number of ether oxygens (including phenoxy) is 1. The van der Waals surface area contributed by atoms with E-state index in [1.54, 1.807) is 0 Å². The Bertz CT molecular complexity index is 841. The van der Waals surface area contributed by atoms with E-state index >= 15 is 0 Å². The van der Waals surface area contributed by atoms with Gasteiger partial charge < -0.3 is 4.74 Å². The second-order valence-electron chi connectivity index (χ2n) is 5.66. The summed E-state index contributed by atoms with van der Waals surface area (Å²) in [6.07, 6.45) is 0.